The Labute approximate surface area is 232 Å². The van der Waals surface area contributed by atoms with Gasteiger partial charge in [0.1, 0.15) is 6.04 Å². The summed E-state index contributed by atoms with van der Waals surface area (Å²) in [5, 5.41) is 3.29. The lowest BCUT2D eigenvalue weighted by molar-refractivity contribution is -0.151. The average molecular weight is 535 g/mol. The number of fused-ring (bicyclic) bond motifs is 1. The van der Waals surface area contributed by atoms with Crippen LogP contribution in [0.15, 0.2) is 48.5 Å². The number of benzene rings is 2. The van der Waals surface area contributed by atoms with Crippen LogP contribution in [0, 0.1) is 11.3 Å². The summed E-state index contributed by atoms with van der Waals surface area (Å²) >= 11 is 0. The summed E-state index contributed by atoms with van der Waals surface area (Å²) in [4.78, 5) is 40.9. The number of hydrogen-bond acceptors (Lipinski definition) is 5. The van der Waals surface area contributed by atoms with E-state index >= 15 is 0 Å². The Kier molecular flexibility index (Phi) is 9.11. The van der Waals surface area contributed by atoms with Gasteiger partial charge in [0, 0.05) is 18.9 Å². The van der Waals surface area contributed by atoms with Gasteiger partial charge in [-0.15, -0.1) is 0 Å². The largest absolute Gasteiger partial charge is 0.465 e. The molecule has 0 spiro atoms. The second-order valence-electron chi connectivity index (χ2n) is 11.9. The van der Waals surface area contributed by atoms with Gasteiger partial charge in [-0.3, -0.25) is 9.59 Å². The Morgan fingerprint density at radius 2 is 1.77 bits per heavy atom. The van der Waals surface area contributed by atoms with Crippen LogP contribution in [0.1, 0.15) is 86.5 Å². The van der Waals surface area contributed by atoms with Gasteiger partial charge in [-0.05, 0) is 59.9 Å². The number of likely N-dealkylation sites (tertiary alicyclic amines) is 1. The molecule has 1 saturated heterocycles. The van der Waals surface area contributed by atoms with E-state index in [4.69, 9.17) is 9.47 Å². The van der Waals surface area contributed by atoms with E-state index in [0.717, 1.165) is 24.8 Å². The fourth-order valence-corrected chi connectivity index (χ4v) is 5.46. The molecule has 0 radical (unpaired) electrons. The Bertz CT molecular complexity index is 1170. The van der Waals surface area contributed by atoms with E-state index < -0.39 is 6.04 Å². The number of ether oxygens (including phenoxy) is 2. The fourth-order valence-electron chi connectivity index (χ4n) is 5.46. The number of carbonyl (C=O) groups excluding carboxylic acids is 3. The van der Waals surface area contributed by atoms with E-state index in [0.29, 0.717) is 31.6 Å². The van der Waals surface area contributed by atoms with Crippen LogP contribution in [0.25, 0.3) is 0 Å². The predicted octanol–water partition coefficient (Wildman–Crippen LogP) is 5.23. The lowest BCUT2D eigenvalue weighted by atomic mass is 9.80. The van der Waals surface area contributed by atoms with Crippen molar-refractivity contribution in [2.45, 2.75) is 84.6 Å². The van der Waals surface area contributed by atoms with Gasteiger partial charge in [-0.25, -0.2) is 4.79 Å². The van der Waals surface area contributed by atoms with Crippen LogP contribution in [0.4, 0.5) is 0 Å². The zero-order chi connectivity index (χ0) is 28.2. The highest BCUT2D eigenvalue weighted by molar-refractivity contribution is 5.90. The number of rotatable bonds is 7. The maximum atomic E-state index is 13.8. The van der Waals surface area contributed by atoms with E-state index in [2.05, 4.69) is 38.2 Å². The molecule has 4 rings (SSSR count). The molecule has 1 fully saturated rings. The molecule has 39 heavy (non-hydrogen) atoms. The van der Waals surface area contributed by atoms with Crippen molar-refractivity contribution < 1.29 is 23.9 Å². The number of esters is 1. The van der Waals surface area contributed by atoms with Crippen LogP contribution in [0.2, 0.25) is 0 Å². The summed E-state index contributed by atoms with van der Waals surface area (Å²) in [6, 6.07) is 14.8. The van der Waals surface area contributed by atoms with Crippen LogP contribution in [-0.4, -0.2) is 48.5 Å². The van der Waals surface area contributed by atoms with Gasteiger partial charge in [0.25, 0.3) is 0 Å². The van der Waals surface area contributed by atoms with Crippen molar-refractivity contribution in [1.82, 2.24) is 10.2 Å². The molecule has 7 nitrogen and oxygen atoms in total. The number of piperidine rings is 1. The van der Waals surface area contributed by atoms with Crippen molar-refractivity contribution in [2.75, 3.05) is 13.7 Å². The molecule has 0 aromatic heterocycles. The Morgan fingerprint density at radius 3 is 2.46 bits per heavy atom. The van der Waals surface area contributed by atoms with Crippen LogP contribution < -0.4 is 5.32 Å². The molecular weight excluding hydrogens is 492 g/mol. The third kappa shape index (κ3) is 6.88. The summed E-state index contributed by atoms with van der Waals surface area (Å²) in [5.41, 5.74) is 3.68. The molecule has 1 N–H and O–H groups in total. The minimum Gasteiger partial charge on any atom is -0.465 e. The zero-order valence-electron chi connectivity index (χ0n) is 23.9. The normalized spacial score (nSPS) is 22.0. The van der Waals surface area contributed by atoms with Crippen LogP contribution in [0.3, 0.4) is 0 Å². The van der Waals surface area contributed by atoms with E-state index in [9.17, 15) is 14.4 Å². The first-order chi connectivity index (χ1) is 18.6. The Morgan fingerprint density at radius 1 is 1.05 bits per heavy atom. The predicted molar refractivity (Wildman–Crippen MR) is 150 cm³/mol. The molecule has 210 valence electrons. The summed E-state index contributed by atoms with van der Waals surface area (Å²) in [5.74, 6) is -0.683. The van der Waals surface area contributed by atoms with Crippen molar-refractivity contribution in [3.8, 4) is 0 Å². The van der Waals surface area contributed by atoms with Crippen molar-refractivity contribution in [3.63, 3.8) is 0 Å². The maximum Gasteiger partial charge on any atom is 0.337 e. The molecule has 0 bridgehead atoms. The van der Waals surface area contributed by atoms with Crippen molar-refractivity contribution >= 4 is 17.8 Å². The number of amides is 2. The molecule has 0 saturated carbocycles. The second-order valence-corrected chi connectivity index (χ2v) is 11.9. The van der Waals surface area contributed by atoms with Gasteiger partial charge in [0.15, 0.2) is 0 Å². The zero-order valence-corrected chi connectivity index (χ0v) is 23.9. The maximum absolute atomic E-state index is 13.8. The van der Waals surface area contributed by atoms with Gasteiger partial charge in [-0.2, -0.15) is 0 Å². The summed E-state index contributed by atoms with van der Waals surface area (Å²) < 4.78 is 11.0. The molecule has 2 amide bonds. The highest BCUT2D eigenvalue weighted by Gasteiger charge is 2.41. The smallest absolute Gasteiger partial charge is 0.337 e. The highest BCUT2D eigenvalue weighted by atomic mass is 16.5. The monoisotopic (exact) mass is 534 g/mol. The van der Waals surface area contributed by atoms with E-state index in [1.165, 1.54) is 18.2 Å². The molecular formula is C32H42N2O5. The number of nitrogens with one attached hydrogen (secondary N) is 1. The fraction of sp³-hybridized carbons (Fsp3) is 0.531. The van der Waals surface area contributed by atoms with E-state index in [1.54, 1.807) is 17.0 Å². The molecule has 4 atom stereocenters. The lowest BCUT2D eigenvalue weighted by Crippen LogP contribution is -2.57. The second kappa shape index (κ2) is 12.3. The molecule has 1 aliphatic heterocycles. The molecule has 1 aliphatic carbocycles. The van der Waals surface area contributed by atoms with Gasteiger partial charge in [-0.1, -0.05) is 64.1 Å². The first-order valence-electron chi connectivity index (χ1n) is 14.1. The number of methoxy groups -OCH3 is 1. The number of nitrogens with zero attached hydrogens (tertiary/aromatic N) is 1. The Balaban J connectivity index is 1.48. The number of carbonyl (C=O) groups is 3. The number of hydrogen-bond donors (Lipinski definition) is 1. The number of aryl methyl sites for hydroxylation is 1. The SMILES string of the molecule is COC(=O)c1ccc(COC2CCN(C(=O)[C@@H](C)C(C)(C)C)[C@H](C(=O)NC3CCCc4ccccc43)C2)cc1. The third-order valence-corrected chi connectivity index (χ3v) is 8.36. The first-order valence-corrected chi connectivity index (χ1v) is 14.1. The molecule has 2 aromatic rings. The average Bonchev–Trinajstić information content (AvgIpc) is 2.94. The van der Waals surface area contributed by atoms with E-state index in [1.807, 2.05) is 31.2 Å². The van der Waals surface area contributed by atoms with Crippen LogP contribution >= 0.6 is 0 Å². The van der Waals surface area contributed by atoms with Gasteiger partial charge in [0.2, 0.25) is 11.8 Å². The summed E-state index contributed by atoms with van der Waals surface area (Å²) in [6.45, 7) is 8.98. The molecule has 7 heteroatoms. The Hall–Kier alpha value is -3.19. The highest BCUT2D eigenvalue weighted by Crippen LogP contribution is 2.33. The third-order valence-electron chi connectivity index (χ3n) is 8.36. The van der Waals surface area contributed by atoms with Crippen molar-refractivity contribution in [1.29, 1.82) is 0 Å². The van der Waals surface area contributed by atoms with Gasteiger partial charge < -0.3 is 19.7 Å². The van der Waals surface area contributed by atoms with Crippen LogP contribution in [-0.2, 0) is 32.1 Å². The molecule has 2 unspecified atom stereocenters. The van der Waals surface area contributed by atoms with Crippen LogP contribution in [0.5, 0.6) is 0 Å². The van der Waals surface area contributed by atoms with Gasteiger partial charge in [0.05, 0.1) is 31.4 Å². The van der Waals surface area contributed by atoms with Crippen molar-refractivity contribution in [3.05, 3.63) is 70.8 Å². The molecule has 2 aromatic carbocycles. The summed E-state index contributed by atoms with van der Waals surface area (Å²) in [7, 11) is 1.36. The quantitative estimate of drug-likeness (QED) is 0.492. The first kappa shape index (κ1) is 28.8. The minimum atomic E-state index is -0.586. The molecule has 2 aliphatic rings. The van der Waals surface area contributed by atoms with E-state index in [-0.39, 0.29) is 41.3 Å². The van der Waals surface area contributed by atoms with Gasteiger partial charge >= 0.3 is 5.97 Å². The summed E-state index contributed by atoms with van der Waals surface area (Å²) in [6.07, 6.45) is 3.90. The lowest BCUT2D eigenvalue weighted by Gasteiger charge is -2.42. The molecule has 1 heterocycles. The topological polar surface area (TPSA) is 84.9 Å². The minimum absolute atomic E-state index is 0.0172. The van der Waals surface area contributed by atoms with Crippen molar-refractivity contribution in [2.24, 2.45) is 11.3 Å². The standard InChI is InChI=1S/C32H42N2O5/c1-21(32(2,3)4)30(36)34-18-17-25(39-20-22-13-15-24(16-14-22)31(37)38-5)19-28(34)29(35)33-27-12-8-10-23-9-6-7-11-26(23)27/h6-7,9,11,13-16,21,25,27-28H,8,10,12,17-20H2,1-5H3,(H,33,35)/t21-,25?,27?,28+/m1/s1.